The van der Waals surface area contributed by atoms with Gasteiger partial charge in [0.05, 0.1) is 18.0 Å². The number of benzene rings is 1. The molecule has 30 heavy (non-hydrogen) atoms. The van der Waals surface area contributed by atoms with E-state index in [1.807, 2.05) is 12.1 Å². The number of sulfonamides is 1. The Labute approximate surface area is 175 Å². The highest BCUT2D eigenvalue weighted by Gasteiger charge is 2.37. The molecule has 0 fully saturated rings. The number of nitrogens with zero attached hydrogens (tertiary/aromatic N) is 2. The Morgan fingerprint density at radius 1 is 1.23 bits per heavy atom. The number of aliphatic hydroxyl groups is 1. The number of fused-ring (bicyclic) bond motifs is 1. The number of thiophene rings is 1. The molecule has 4 rings (SSSR count). The molecule has 1 aliphatic carbocycles. The lowest BCUT2D eigenvalue weighted by molar-refractivity contribution is -0.142. The van der Waals surface area contributed by atoms with Crippen molar-refractivity contribution in [3.8, 4) is 0 Å². The number of hydrogen-bond donors (Lipinski definition) is 2. The van der Waals surface area contributed by atoms with Gasteiger partial charge in [-0.05, 0) is 41.0 Å². The average Bonchev–Trinajstić information content (AvgIpc) is 3.39. The molecule has 0 saturated heterocycles. The van der Waals surface area contributed by atoms with E-state index in [-0.39, 0.29) is 23.0 Å². The van der Waals surface area contributed by atoms with E-state index in [0.717, 1.165) is 21.4 Å². The molecule has 11 heteroatoms. The first-order valence-electron chi connectivity index (χ1n) is 9.05. The first kappa shape index (κ1) is 21.0. The van der Waals surface area contributed by atoms with E-state index in [1.165, 1.54) is 17.5 Å². The van der Waals surface area contributed by atoms with Crippen molar-refractivity contribution in [1.29, 1.82) is 0 Å². The third-order valence-corrected chi connectivity index (χ3v) is 7.30. The summed E-state index contributed by atoms with van der Waals surface area (Å²) in [7, 11) is -3.58. The summed E-state index contributed by atoms with van der Waals surface area (Å²) in [5.41, 5.74) is 1.34. The summed E-state index contributed by atoms with van der Waals surface area (Å²) in [6.45, 7) is -0.632. The van der Waals surface area contributed by atoms with E-state index in [2.05, 4.69) is 9.82 Å². The standard InChI is InChI=1S/C19H18F3N3O3S2/c20-19(21,22)18-15(10-26)9-25(23-18)8-12-1-2-13-6-16(7-14(13)5-12)24-30(27,28)17-3-4-29-11-17/h1-5,9,11,16,24,26H,6-8,10H2. The fourth-order valence-electron chi connectivity index (χ4n) is 3.63. The molecule has 0 amide bonds. The van der Waals surface area contributed by atoms with Gasteiger partial charge in [0.1, 0.15) is 0 Å². The van der Waals surface area contributed by atoms with Crippen LogP contribution in [0.1, 0.15) is 27.9 Å². The van der Waals surface area contributed by atoms with Crippen LogP contribution in [0.4, 0.5) is 13.2 Å². The third kappa shape index (κ3) is 4.29. The molecule has 0 saturated carbocycles. The maximum atomic E-state index is 13.0. The Hall–Kier alpha value is -2.21. The van der Waals surface area contributed by atoms with Gasteiger partial charge in [-0.25, -0.2) is 13.1 Å². The molecule has 1 aliphatic rings. The van der Waals surface area contributed by atoms with E-state index in [1.54, 1.807) is 22.9 Å². The number of aromatic nitrogens is 2. The van der Waals surface area contributed by atoms with E-state index in [4.69, 9.17) is 5.11 Å². The Morgan fingerprint density at radius 3 is 2.63 bits per heavy atom. The minimum Gasteiger partial charge on any atom is -0.392 e. The van der Waals surface area contributed by atoms with Crippen LogP contribution in [0.25, 0.3) is 0 Å². The highest BCUT2D eigenvalue weighted by molar-refractivity contribution is 7.89. The van der Waals surface area contributed by atoms with Gasteiger partial charge in [-0.15, -0.1) is 0 Å². The molecule has 0 spiro atoms. The topological polar surface area (TPSA) is 84.2 Å². The predicted octanol–water partition coefficient (Wildman–Crippen LogP) is 2.95. The van der Waals surface area contributed by atoms with Crippen LogP contribution < -0.4 is 4.72 Å². The van der Waals surface area contributed by atoms with Gasteiger partial charge in [0, 0.05) is 23.2 Å². The number of nitrogens with one attached hydrogen (secondary N) is 1. The van der Waals surface area contributed by atoms with Gasteiger partial charge in [0.15, 0.2) is 5.69 Å². The summed E-state index contributed by atoms with van der Waals surface area (Å²) in [6.07, 6.45) is -2.39. The summed E-state index contributed by atoms with van der Waals surface area (Å²) in [5, 5.41) is 16.0. The maximum Gasteiger partial charge on any atom is 0.435 e. The van der Waals surface area contributed by atoms with Gasteiger partial charge < -0.3 is 5.11 Å². The Kier molecular flexibility index (Phi) is 5.47. The molecule has 160 valence electrons. The second-order valence-corrected chi connectivity index (χ2v) is 9.64. The summed E-state index contributed by atoms with van der Waals surface area (Å²) in [5.74, 6) is 0. The van der Waals surface area contributed by atoms with Crippen LogP contribution in [-0.2, 0) is 42.2 Å². The van der Waals surface area contributed by atoms with Crippen molar-refractivity contribution in [2.24, 2.45) is 0 Å². The summed E-state index contributed by atoms with van der Waals surface area (Å²) in [4.78, 5) is 0.239. The van der Waals surface area contributed by atoms with Gasteiger partial charge in [0.25, 0.3) is 0 Å². The van der Waals surface area contributed by atoms with Gasteiger partial charge in [0.2, 0.25) is 10.0 Å². The first-order chi connectivity index (χ1) is 14.2. The second-order valence-electron chi connectivity index (χ2n) is 7.14. The molecular formula is C19H18F3N3O3S2. The van der Waals surface area contributed by atoms with Gasteiger partial charge >= 0.3 is 6.18 Å². The molecule has 0 aliphatic heterocycles. The summed E-state index contributed by atoms with van der Waals surface area (Å²) < 4.78 is 67.7. The zero-order valence-electron chi connectivity index (χ0n) is 15.6. The van der Waals surface area contributed by atoms with E-state index in [0.29, 0.717) is 12.8 Å². The van der Waals surface area contributed by atoms with Crippen molar-refractivity contribution >= 4 is 21.4 Å². The third-order valence-electron chi connectivity index (χ3n) is 4.95. The molecule has 2 heterocycles. The Balaban J connectivity index is 1.48. The quantitative estimate of drug-likeness (QED) is 0.596. The van der Waals surface area contributed by atoms with Gasteiger partial charge in [-0.3, -0.25) is 4.68 Å². The molecule has 1 unspecified atom stereocenters. The lowest BCUT2D eigenvalue weighted by Crippen LogP contribution is -2.35. The molecule has 0 radical (unpaired) electrons. The highest BCUT2D eigenvalue weighted by Crippen LogP contribution is 2.31. The fraction of sp³-hybridized carbons (Fsp3) is 0.316. The first-order valence-corrected chi connectivity index (χ1v) is 11.5. The zero-order valence-corrected chi connectivity index (χ0v) is 17.2. The van der Waals surface area contributed by atoms with Crippen molar-refractivity contribution < 1.29 is 26.7 Å². The Morgan fingerprint density at radius 2 is 2.00 bits per heavy atom. The Bertz CT molecular complexity index is 1160. The minimum absolute atomic E-state index is 0.113. The fourth-order valence-corrected chi connectivity index (χ4v) is 5.90. The lowest BCUT2D eigenvalue weighted by Gasteiger charge is -2.11. The minimum atomic E-state index is -4.63. The molecule has 2 aromatic heterocycles. The number of aliphatic hydroxyl groups excluding tert-OH is 1. The summed E-state index contributed by atoms with van der Waals surface area (Å²) >= 11 is 1.31. The SMILES string of the molecule is O=S(=O)(NC1Cc2ccc(Cn3cc(CO)c(C(F)(F)F)n3)cc2C1)c1ccsc1. The van der Waals surface area contributed by atoms with E-state index < -0.39 is 28.5 Å². The molecule has 1 aromatic carbocycles. The van der Waals surface area contributed by atoms with Crippen molar-refractivity contribution in [3.63, 3.8) is 0 Å². The number of hydrogen-bond acceptors (Lipinski definition) is 5. The van der Waals surface area contributed by atoms with E-state index in [9.17, 15) is 21.6 Å². The highest BCUT2D eigenvalue weighted by atomic mass is 32.2. The molecular weight excluding hydrogens is 439 g/mol. The molecule has 0 bridgehead atoms. The second kappa shape index (κ2) is 7.80. The molecule has 2 N–H and O–H groups in total. The van der Waals surface area contributed by atoms with Crippen molar-refractivity contribution in [2.75, 3.05) is 0 Å². The average molecular weight is 457 g/mol. The van der Waals surface area contributed by atoms with Crippen LogP contribution in [-0.4, -0.2) is 29.3 Å². The van der Waals surface area contributed by atoms with Crippen molar-refractivity contribution in [2.45, 2.75) is 43.1 Å². The predicted molar refractivity (Wildman–Crippen MR) is 105 cm³/mol. The van der Waals surface area contributed by atoms with Crippen LogP contribution in [0, 0.1) is 0 Å². The van der Waals surface area contributed by atoms with Crippen LogP contribution in [0.2, 0.25) is 0 Å². The normalized spacial score (nSPS) is 16.7. The van der Waals surface area contributed by atoms with Crippen molar-refractivity contribution in [1.82, 2.24) is 14.5 Å². The number of alkyl halides is 3. The largest absolute Gasteiger partial charge is 0.435 e. The number of rotatable bonds is 6. The van der Waals surface area contributed by atoms with Gasteiger partial charge in [-0.1, -0.05) is 18.2 Å². The van der Waals surface area contributed by atoms with Crippen LogP contribution in [0.3, 0.4) is 0 Å². The van der Waals surface area contributed by atoms with Crippen LogP contribution >= 0.6 is 11.3 Å². The zero-order chi connectivity index (χ0) is 21.5. The monoisotopic (exact) mass is 457 g/mol. The smallest absolute Gasteiger partial charge is 0.392 e. The lowest BCUT2D eigenvalue weighted by atomic mass is 10.1. The van der Waals surface area contributed by atoms with Gasteiger partial charge in [-0.2, -0.15) is 29.6 Å². The van der Waals surface area contributed by atoms with Crippen molar-refractivity contribution in [3.05, 3.63) is 69.2 Å². The number of halogens is 3. The molecule has 3 aromatic rings. The maximum absolute atomic E-state index is 13.0. The van der Waals surface area contributed by atoms with Crippen LogP contribution in [0.15, 0.2) is 46.1 Å². The summed E-state index contributed by atoms with van der Waals surface area (Å²) in [6, 6.07) is 6.80. The van der Waals surface area contributed by atoms with Crippen LogP contribution in [0.5, 0.6) is 0 Å². The van der Waals surface area contributed by atoms with E-state index >= 15 is 0 Å². The molecule has 6 nitrogen and oxygen atoms in total. The molecule has 1 atom stereocenters.